The van der Waals surface area contributed by atoms with Gasteiger partial charge < -0.3 is 19.3 Å². The zero-order valence-electron chi connectivity index (χ0n) is 27.9. The first-order valence-electron chi connectivity index (χ1n) is 15.6. The highest BCUT2D eigenvalue weighted by molar-refractivity contribution is 7.12. The van der Waals surface area contributed by atoms with Crippen molar-refractivity contribution in [2.75, 3.05) is 11.9 Å². The highest BCUT2D eigenvalue weighted by Gasteiger charge is 2.50. The predicted octanol–water partition coefficient (Wildman–Crippen LogP) is 8.60. The summed E-state index contributed by atoms with van der Waals surface area (Å²) in [6.07, 6.45) is 4.28. The van der Waals surface area contributed by atoms with Crippen LogP contribution in [-0.2, 0) is 8.85 Å². The Bertz CT molecular complexity index is 1170. The van der Waals surface area contributed by atoms with Crippen LogP contribution < -0.4 is 5.32 Å². The van der Waals surface area contributed by atoms with Gasteiger partial charge in [-0.25, -0.2) is 9.97 Å². The standard InChI is InChI=1S/C32H55N3O4SSi2/c1-20(2)42(21(3)4,22(5)6)39-28-15-26(13-24(28)17-38-41(11,12)32(8,9)10)35-31-27(16-33-19-34-31)30(37)29-14-25(18-40-29)23(7)36/h14,16,18-24,26,28,36H,13,15,17H2,1-12H3,(H,33,34,35)/t23?,24-,26-,28+/m1/s1. The molecule has 0 aromatic carbocycles. The molecule has 4 atom stereocenters. The molecule has 1 unspecified atom stereocenters. The van der Waals surface area contributed by atoms with Crippen molar-refractivity contribution in [1.29, 1.82) is 0 Å². The van der Waals surface area contributed by atoms with Crippen LogP contribution in [0.2, 0.25) is 34.8 Å². The first kappa shape index (κ1) is 35.0. The lowest BCUT2D eigenvalue weighted by Crippen LogP contribution is -2.51. The third kappa shape index (κ3) is 7.61. The third-order valence-electron chi connectivity index (χ3n) is 9.78. The van der Waals surface area contributed by atoms with Gasteiger partial charge in [0.2, 0.25) is 14.1 Å². The summed E-state index contributed by atoms with van der Waals surface area (Å²) in [5.74, 6) is 0.674. The van der Waals surface area contributed by atoms with E-state index in [1.807, 2.05) is 5.38 Å². The molecule has 2 N–H and O–H groups in total. The molecule has 0 amide bonds. The summed E-state index contributed by atoms with van der Waals surface area (Å²) in [6, 6.07) is 1.86. The average Bonchev–Trinajstić information content (AvgIpc) is 3.52. The van der Waals surface area contributed by atoms with Crippen molar-refractivity contribution < 1.29 is 18.8 Å². The van der Waals surface area contributed by atoms with Gasteiger partial charge in [-0.2, -0.15) is 0 Å². The Morgan fingerprint density at radius 1 is 1.10 bits per heavy atom. The summed E-state index contributed by atoms with van der Waals surface area (Å²) >= 11 is 1.34. The molecule has 3 rings (SSSR count). The Morgan fingerprint density at radius 2 is 1.71 bits per heavy atom. The molecule has 7 nitrogen and oxygen atoms in total. The molecule has 0 aliphatic heterocycles. The Balaban J connectivity index is 1.89. The van der Waals surface area contributed by atoms with E-state index in [0.29, 0.717) is 39.5 Å². The van der Waals surface area contributed by atoms with Crippen LogP contribution in [0.5, 0.6) is 0 Å². The molecule has 2 aromatic heterocycles. The molecule has 10 heteroatoms. The molecule has 1 saturated carbocycles. The molecule has 0 radical (unpaired) electrons. The fraction of sp³-hybridized carbons (Fsp3) is 0.719. The number of carbonyl (C=O) groups excluding carboxylic acids is 1. The lowest BCUT2D eigenvalue weighted by molar-refractivity contribution is 0.0971. The van der Waals surface area contributed by atoms with Crippen LogP contribution in [0.4, 0.5) is 5.82 Å². The van der Waals surface area contributed by atoms with Gasteiger partial charge >= 0.3 is 0 Å². The summed E-state index contributed by atoms with van der Waals surface area (Å²) in [5.41, 5.74) is 2.67. The summed E-state index contributed by atoms with van der Waals surface area (Å²) in [5, 5.41) is 15.5. The maximum Gasteiger partial charge on any atom is 0.208 e. The number of rotatable bonds is 13. The summed E-state index contributed by atoms with van der Waals surface area (Å²) in [7, 11) is -4.05. The third-order valence-corrected chi connectivity index (χ3v) is 21.4. The zero-order chi connectivity index (χ0) is 31.6. The number of aliphatic hydroxyl groups excluding tert-OH is 1. The zero-order valence-corrected chi connectivity index (χ0v) is 30.8. The van der Waals surface area contributed by atoms with E-state index < -0.39 is 22.7 Å². The van der Waals surface area contributed by atoms with Crippen molar-refractivity contribution in [3.63, 3.8) is 0 Å². The molecular weight excluding hydrogens is 579 g/mol. The number of anilines is 1. The van der Waals surface area contributed by atoms with E-state index in [9.17, 15) is 9.90 Å². The number of hydrogen-bond acceptors (Lipinski definition) is 8. The van der Waals surface area contributed by atoms with E-state index in [1.54, 1.807) is 19.2 Å². The van der Waals surface area contributed by atoms with Gasteiger partial charge in [0.05, 0.1) is 22.6 Å². The van der Waals surface area contributed by atoms with Gasteiger partial charge in [0.25, 0.3) is 0 Å². The fourth-order valence-corrected chi connectivity index (χ4v) is 14.0. The van der Waals surface area contributed by atoms with Gasteiger partial charge in [0.15, 0.2) is 8.32 Å². The molecule has 0 spiro atoms. The van der Waals surface area contributed by atoms with Crippen LogP contribution in [0.25, 0.3) is 0 Å². The van der Waals surface area contributed by atoms with Crippen molar-refractivity contribution in [3.8, 4) is 0 Å². The minimum absolute atomic E-state index is 0.0815. The van der Waals surface area contributed by atoms with Crippen molar-refractivity contribution >= 4 is 39.6 Å². The van der Waals surface area contributed by atoms with Gasteiger partial charge in [0.1, 0.15) is 12.1 Å². The van der Waals surface area contributed by atoms with Crippen LogP contribution in [-0.4, -0.2) is 56.2 Å². The van der Waals surface area contributed by atoms with E-state index in [4.69, 9.17) is 8.85 Å². The molecule has 1 fully saturated rings. The normalized spacial score (nSPS) is 21.0. The van der Waals surface area contributed by atoms with Crippen LogP contribution in [0.15, 0.2) is 24.0 Å². The number of aliphatic hydroxyl groups is 1. The van der Waals surface area contributed by atoms with E-state index in [0.717, 1.165) is 18.4 Å². The number of thiophene rings is 1. The smallest absolute Gasteiger partial charge is 0.208 e. The van der Waals surface area contributed by atoms with Crippen LogP contribution in [0, 0.1) is 5.92 Å². The molecule has 0 saturated heterocycles. The van der Waals surface area contributed by atoms with E-state index in [2.05, 4.69) is 90.7 Å². The highest BCUT2D eigenvalue weighted by Crippen LogP contribution is 2.46. The molecule has 0 bridgehead atoms. The van der Waals surface area contributed by atoms with Crippen molar-refractivity contribution in [2.45, 2.75) is 135 Å². The first-order valence-corrected chi connectivity index (χ1v) is 21.5. The van der Waals surface area contributed by atoms with Crippen molar-refractivity contribution in [2.24, 2.45) is 5.92 Å². The number of ketones is 1. The number of carbonyl (C=O) groups is 1. The van der Waals surface area contributed by atoms with E-state index >= 15 is 0 Å². The van der Waals surface area contributed by atoms with Crippen LogP contribution in [0.1, 0.15) is 109 Å². The van der Waals surface area contributed by atoms with Crippen LogP contribution >= 0.6 is 11.3 Å². The number of nitrogens with zero attached hydrogens (tertiary/aromatic N) is 2. The average molecular weight is 634 g/mol. The second-order valence-electron chi connectivity index (χ2n) is 14.7. The van der Waals surface area contributed by atoms with Gasteiger partial charge in [-0.05, 0) is 71.5 Å². The fourth-order valence-electron chi connectivity index (χ4n) is 6.35. The SMILES string of the molecule is CC(O)c1csc(C(=O)c2cncnc2N[C@@H]2C[C@H](CO[Si](C)(C)C(C)(C)C)[C@@H](O[Si](C(C)C)(C(C)C)C(C)C)C2)c1. The minimum atomic E-state index is -2.12. The minimum Gasteiger partial charge on any atom is -0.416 e. The Morgan fingerprint density at radius 3 is 2.24 bits per heavy atom. The highest BCUT2D eigenvalue weighted by atomic mass is 32.1. The Hall–Kier alpha value is -1.44. The lowest BCUT2D eigenvalue weighted by atomic mass is 10.1. The maximum atomic E-state index is 13.5. The van der Waals surface area contributed by atoms with Gasteiger partial charge in [-0.1, -0.05) is 62.3 Å². The van der Waals surface area contributed by atoms with Crippen molar-refractivity contribution in [3.05, 3.63) is 40.0 Å². The quantitative estimate of drug-likeness (QED) is 0.169. The van der Waals surface area contributed by atoms with E-state index in [1.165, 1.54) is 17.7 Å². The Kier molecular flexibility index (Phi) is 11.4. The van der Waals surface area contributed by atoms with Gasteiger partial charge in [-0.15, -0.1) is 11.3 Å². The maximum absolute atomic E-state index is 13.5. The largest absolute Gasteiger partial charge is 0.416 e. The van der Waals surface area contributed by atoms with Crippen molar-refractivity contribution in [1.82, 2.24) is 9.97 Å². The molecule has 1 aliphatic carbocycles. The molecule has 2 aromatic rings. The second-order valence-corrected chi connectivity index (χ2v) is 25.8. The second kappa shape index (κ2) is 13.7. The van der Waals surface area contributed by atoms with Crippen LogP contribution in [0.3, 0.4) is 0 Å². The first-order chi connectivity index (χ1) is 19.4. The Labute approximate surface area is 260 Å². The molecule has 2 heterocycles. The summed E-state index contributed by atoms with van der Waals surface area (Å²) in [4.78, 5) is 22.8. The topological polar surface area (TPSA) is 93.6 Å². The molecule has 236 valence electrons. The molecular formula is C32H55N3O4SSi2. The van der Waals surface area contributed by atoms with E-state index in [-0.39, 0.29) is 28.9 Å². The molecule has 42 heavy (non-hydrogen) atoms. The number of nitrogens with one attached hydrogen (secondary N) is 1. The summed E-state index contributed by atoms with van der Waals surface area (Å²) < 4.78 is 14.2. The van der Waals surface area contributed by atoms with Gasteiger partial charge in [0, 0.05) is 24.8 Å². The lowest BCUT2D eigenvalue weighted by Gasteiger charge is -2.45. The molecule has 1 aliphatic rings. The number of aromatic nitrogens is 2. The van der Waals surface area contributed by atoms with Gasteiger partial charge in [-0.3, -0.25) is 4.79 Å². The predicted molar refractivity (Wildman–Crippen MR) is 180 cm³/mol. The summed E-state index contributed by atoms with van der Waals surface area (Å²) in [6.45, 7) is 27.9. The monoisotopic (exact) mass is 633 g/mol. The number of hydrogen-bond donors (Lipinski definition) is 2.